The maximum atomic E-state index is 12.2. The molecule has 0 aliphatic heterocycles. The number of nitrogens with zero attached hydrogens (tertiary/aromatic N) is 3. The number of anilines is 3. The van der Waals surface area contributed by atoms with Gasteiger partial charge in [-0.25, -0.2) is 9.97 Å². The summed E-state index contributed by atoms with van der Waals surface area (Å²) in [6.07, 6.45) is 1.13. The second-order valence-corrected chi connectivity index (χ2v) is 6.06. The monoisotopic (exact) mass is 414 g/mol. The molecule has 3 rings (SSSR count). The molecule has 0 fully saturated rings. The Balaban J connectivity index is 1.83. The zero-order chi connectivity index (χ0) is 20.8. The fraction of sp³-hybridized carbons (Fsp3) is 0.0556. The van der Waals surface area contributed by atoms with Crippen LogP contribution in [-0.2, 0) is 0 Å². The van der Waals surface area contributed by atoms with E-state index in [0.717, 1.165) is 6.33 Å². The van der Waals surface area contributed by atoms with E-state index in [4.69, 9.17) is 16.3 Å². The molecule has 0 saturated heterocycles. The molecule has 0 aliphatic rings. The summed E-state index contributed by atoms with van der Waals surface area (Å²) >= 11 is 5.86. The molecule has 0 saturated carbocycles. The first-order valence-corrected chi connectivity index (χ1v) is 8.58. The van der Waals surface area contributed by atoms with Crippen molar-refractivity contribution in [1.29, 1.82) is 0 Å². The Bertz CT molecular complexity index is 1060. The van der Waals surface area contributed by atoms with Crippen molar-refractivity contribution < 1.29 is 14.5 Å². The van der Waals surface area contributed by atoms with Crippen molar-refractivity contribution in [2.45, 2.75) is 0 Å². The number of hydrazine groups is 1. The summed E-state index contributed by atoms with van der Waals surface area (Å²) in [6.45, 7) is 0. The molecule has 1 amide bonds. The van der Waals surface area contributed by atoms with Gasteiger partial charge in [-0.2, -0.15) is 0 Å². The summed E-state index contributed by atoms with van der Waals surface area (Å²) in [5.41, 5.74) is 5.18. The molecule has 148 valence electrons. The van der Waals surface area contributed by atoms with Crippen LogP contribution >= 0.6 is 11.6 Å². The number of benzene rings is 2. The third kappa shape index (κ3) is 4.87. The third-order valence-electron chi connectivity index (χ3n) is 3.72. The minimum Gasteiger partial charge on any atom is -0.497 e. The fourth-order valence-corrected chi connectivity index (χ4v) is 2.58. The predicted octanol–water partition coefficient (Wildman–Crippen LogP) is 3.55. The van der Waals surface area contributed by atoms with Crippen LogP contribution in [0, 0.1) is 10.1 Å². The van der Waals surface area contributed by atoms with Crippen LogP contribution in [0.3, 0.4) is 0 Å². The lowest BCUT2D eigenvalue weighted by molar-refractivity contribution is -0.383. The first-order valence-electron chi connectivity index (χ1n) is 8.20. The van der Waals surface area contributed by atoms with Gasteiger partial charge >= 0.3 is 5.69 Å². The van der Waals surface area contributed by atoms with E-state index in [-0.39, 0.29) is 17.2 Å². The molecule has 2 aromatic carbocycles. The van der Waals surface area contributed by atoms with Gasteiger partial charge in [-0.1, -0.05) is 23.7 Å². The second-order valence-electron chi connectivity index (χ2n) is 5.62. The Labute approximate surface area is 170 Å². The number of aromatic nitrogens is 2. The molecule has 0 aliphatic carbocycles. The molecule has 3 N–H and O–H groups in total. The van der Waals surface area contributed by atoms with Gasteiger partial charge < -0.3 is 10.1 Å². The second kappa shape index (κ2) is 8.85. The van der Waals surface area contributed by atoms with Gasteiger partial charge in [0, 0.05) is 22.3 Å². The SMILES string of the molecule is COc1cccc(Nc2ncnc(NNC(=O)c3cccc(Cl)c3)c2[N+](=O)[O-])c1. The van der Waals surface area contributed by atoms with E-state index in [1.54, 1.807) is 42.5 Å². The van der Waals surface area contributed by atoms with E-state index in [0.29, 0.717) is 16.5 Å². The van der Waals surface area contributed by atoms with E-state index < -0.39 is 16.5 Å². The summed E-state index contributed by atoms with van der Waals surface area (Å²) in [5, 5.41) is 14.8. The van der Waals surface area contributed by atoms with Crippen LogP contribution in [-0.4, -0.2) is 27.9 Å². The van der Waals surface area contributed by atoms with E-state index in [1.807, 2.05) is 0 Å². The van der Waals surface area contributed by atoms with Gasteiger partial charge in [0.2, 0.25) is 11.6 Å². The normalized spacial score (nSPS) is 10.1. The van der Waals surface area contributed by atoms with Crippen molar-refractivity contribution in [3.63, 3.8) is 0 Å². The summed E-state index contributed by atoms with van der Waals surface area (Å²) in [7, 11) is 1.51. The topological polar surface area (TPSA) is 131 Å². The van der Waals surface area contributed by atoms with E-state index in [2.05, 4.69) is 26.1 Å². The third-order valence-corrected chi connectivity index (χ3v) is 3.95. The molecular formula is C18H15ClN6O4. The smallest absolute Gasteiger partial charge is 0.355 e. The van der Waals surface area contributed by atoms with Crippen LogP contribution in [0.1, 0.15) is 10.4 Å². The number of carbonyl (C=O) groups excluding carboxylic acids is 1. The zero-order valence-electron chi connectivity index (χ0n) is 15.0. The summed E-state index contributed by atoms with van der Waals surface area (Å²) < 4.78 is 5.13. The lowest BCUT2D eigenvalue weighted by Gasteiger charge is -2.11. The Kier molecular flexibility index (Phi) is 6.05. The number of nitrogens with one attached hydrogen (secondary N) is 3. The van der Waals surface area contributed by atoms with Gasteiger partial charge in [-0.3, -0.25) is 25.8 Å². The van der Waals surface area contributed by atoms with Gasteiger partial charge in [0.05, 0.1) is 12.0 Å². The first kappa shape index (κ1) is 19.8. The zero-order valence-corrected chi connectivity index (χ0v) is 15.8. The largest absolute Gasteiger partial charge is 0.497 e. The molecule has 29 heavy (non-hydrogen) atoms. The summed E-state index contributed by atoms with van der Waals surface area (Å²) in [5.74, 6) is -0.218. The number of methoxy groups -OCH3 is 1. The maximum absolute atomic E-state index is 12.2. The van der Waals surface area contributed by atoms with Crippen molar-refractivity contribution in [2.24, 2.45) is 0 Å². The number of rotatable bonds is 7. The number of nitro groups is 1. The fourth-order valence-electron chi connectivity index (χ4n) is 2.39. The quantitative estimate of drug-likeness (QED) is 0.395. The molecule has 3 aromatic rings. The lowest BCUT2D eigenvalue weighted by Crippen LogP contribution is -2.30. The molecule has 0 radical (unpaired) electrons. The van der Waals surface area contributed by atoms with Gasteiger partial charge in [-0.15, -0.1) is 0 Å². The van der Waals surface area contributed by atoms with Gasteiger partial charge in [0.15, 0.2) is 0 Å². The number of halogens is 1. The molecular weight excluding hydrogens is 400 g/mol. The van der Waals surface area contributed by atoms with Crippen LogP contribution in [0.2, 0.25) is 5.02 Å². The number of hydrogen-bond acceptors (Lipinski definition) is 8. The van der Waals surface area contributed by atoms with E-state index in [1.165, 1.54) is 13.2 Å². The minimum absolute atomic E-state index is 0.0576. The minimum atomic E-state index is -0.656. The van der Waals surface area contributed by atoms with Crippen LogP contribution < -0.4 is 20.9 Å². The molecule has 0 unspecified atom stereocenters. The van der Waals surface area contributed by atoms with Crippen molar-refractivity contribution in [3.05, 3.63) is 75.6 Å². The Morgan fingerprint density at radius 2 is 1.90 bits per heavy atom. The van der Waals surface area contributed by atoms with E-state index >= 15 is 0 Å². The highest BCUT2D eigenvalue weighted by molar-refractivity contribution is 6.30. The molecule has 1 aromatic heterocycles. The molecule has 0 bridgehead atoms. The van der Waals surface area contributed by atoms with E-state index in [9.17, 15) is 14.9 Å². The van der Waals surface area contributed by atoms with Gasteiger partial charge in [0.25, 0.3) is 5.91 Å². The van der Waals surface area contributed by atoms with Crippen molar-refractivity contribution in [1.82, 2.24) is 15.4 Å². The average molecular weight is 415 g/mol. The maximum Gasteiger partial charge on any atom is 0.355 e. The van der Waals surface area contributed by atoms with Crippen molar-refractivity contribution >= 4 is 40.5 Å². The highest BCUT2D eigenvalue weighted by Gasteiger charge is 2.24. The standard InChI is InChI=1S/C18H15ClN6O4/c1-29-14-7-3-6-13(9-14)22-16-15(25(27)28)17(21-10-20-16)23-24-18(26)11-4-2-5-12(19)8-11/h2-10H,1H3,(H,24,26)(H2,20,21,22,23). The Morgan fingerprint density at radius 1 is 1.14 bits per heavy atom. The predicted molar refractivity (Wildman–Crippen MR) is 108 cm³/mol. The Morgan fingerprint density at radius 3 is 2.62 bits per heavy atom. The molecule has 11 heteroatoms. The molecule has 1 heterocycles. The van der Waals surface area contributed by atoms with Crippen molar-refractivity contribution in [2.75, 3.05) is 17.9 Å². The van der Waals surface area contributed by atoms with Gasteiger partial charge in [0.1, 0.15) is 12.1 Å². The number of carbonyl (C=O) groups is 1. The first-order chi connectivity index (χ1) is 14.0. The highest BCUT2D eigenvalue weighted by Crippen LogP contribution is 2.31. The summed E-state index contributed by atoms with van der Waals surface area (Å²) in [4.78, 5) is 31.0. The molecule has 10 nitrogen and oxygen atoms in total. The van der Waals surface area contributed by atoms with Crippen molar-refractivity contribution in [3.8, 4) is 5.75 Å². The number of hydrogen-bond donors (Lipinski definition) is 3. The van der Waals surface area contributed by atoms with Crippen LogP contribution in [0.25, 0.3) is 0 Å². The number of ether oxygens (including phenoxy) is 1. The van der Waals surface area contributed by atoms with Crippen LogP contribution in [0.15, 0.2) is 54.9 Å². The molecule has 0 atom stereocenters. The Hall–Kier alpha value is -3.92. The average Bonchev–Trinajstić information content (AvgIpc) is 2.72. The van der Waals surface area contributed by atoms with Crippen LogP contribution in [0.4, 0.5) is 23.0 Å². The lowest BCUT2D eigenvalue weighted by atomic mass is 10.2. The van der Waals surface area contributed by atoms with Crippen LogP contribution in [0.5, 0.6) is 5.75 Å². The molecule has 0 spiro atoms. The summed E-state index contributed by atoms with van der Waals surface area (Å²) in [6, 6.07) is 13.0. The van der Waals surface area contributed by atoms with Gasteiger partial charge in [-0.05, 0) is 30.3 Å². The number of amides is 1. The highest BCUT2D eigenvalue weighted by atomic mass is 35.5.